The van der Waals surface area contributed by atoms with Crippen LogP contribution in [-0.2, 0) is 0 Å². The lowest BCUT2D eigenvalue weighted by Crippen LogP contribution is -3.00. The first kappa shape index (κ1) is 43.3. The predicted molar refractivity (Wildman–Crippen MR) is 213 cm³/mol. The van der Waals surface area contributed by atoms with Gasteiger partial charge in [-0.25, -0.2) is 0 Å². The van der Waals surface area contributed by atoms with Crippen LogP contribution in [0, 0.1) is 23.7 Å². The number of benzene rings is 2. The Morgan fingerprint density at radius 3 is 1.25 bits per heavy atom. The number of allylic oxidation sites excluding steroid dienone is 1. The highest BCUT2D eigenvalue weighted by molar-refractivity contribution is 5.83. The molecule has 2 aromatic carbocycles. The van der Waals surface area contributed by atoms with Crippen LogP contribution in [-0.4, -0.2) is 75.5 Å². The van der Waals surface area contributed by atoms with Crippen LogP contribution in [0.4, 0.5) is 0 Å². The fraction of sp³-hybridized carbons (Fsp3) is 0.702. The predicted octanol–water partition coefficient (Wildman–Crippen LogP) is 5.09. The Hall–Kier alpha value is -0.840. The van der Waals surface area contributed by atoms with Crippen molar-refractivity contribution in [3.05, 3.63) is 65.2 Å². The van der Waals surface area contributed by atoms with Crippen LogP contribution in [0.3, 0.4) is 0 Å². The van der Waals surface area contributed by atoms with E-state index in [1.54, 1.807) is 5.57 Å². The molecular weight excluding hydrogens is 878 g/mol. The molecule has 0 atom stereocenters. The third-order valence-corrected chi connectivity index (χ3v) is 14.1. The third kappa shape index (κ3) is 12.1. The van der Waals surface area contributed by atoms with Gasteiger partial charge in [0.1, 0.15) is 11.5 Å². The molecule has 4 aliphatic carbocycles. The van der Waals surface area contributed by atoms with E-state index in [1.165, 1.54) is 174 Å². The highest BCUT2D eigenvalue weighted by atomic mass is 127. The first-order chi connectivity index (χ1) is 25.0. The van der Waals surface area contributed by atoms with Gasteiger partial charge in [0.05, 0.1) is 66.6 Å². The van der Waals surface area contributed by atoms with Gasteiger partial charge in [0.25, 0.3) is 0 Å². The molecule has 2 aromatic rings. The molecule has 2 aliphatic heterocycles. The molecule has 6 fully saturated rings. The third-order valence-electron chi connectivity index (χ3n) is 14.1. The maximum Gasteiger partial charge on any atom is 0.119 e. The Balaban J connectivity index is 0.00000271. The first-order valence-electron chi connectivity index (χ1n) is 21.8. The van der Waals surface area contributed by atoms with Gasteiger partial charge in [-0.2, -0.15) is 0 Å². The van der Waals surface area contributed by atoms with E-state index in [2.05, 4.69) is 62.6 Å². The summed E-state index contributed by atoms with van der Waals surface area (Å²) in [5.41, 5.74) is 6.02. The zero-order valence-electron chi connectivity index (χ0n) is 33.5. The average Bonchev–Trinajstić information content (AvgIpc) is 3.49. The van der Waals surface area contributed by atoms with Crippen LogP contribution in [0.2, 0.25) is 0 Å². The standard InChI is InChI=1S/C47H72N2O2.2HI/c1-48(25-9-3-4-10-26-48)29-13-7-15-31-50-44-21-17-40(18-22-44)46(47-42-34-38-33-39(36-42)37-43(47)35-38)41-19-23-45(24-20-41)51-32-16-8-14-30-49(2)27-11-5-6-12-28-49;;/h17-24,38-39,42-43H,3-16,25-37H2,1-2H3;2*1H/q+2;;/p-2. The van der Waals surface area contributed by atoms with Gasteiger partial charge in [-0.1, -0.05) is 29.8 Å². The Morgan fingerprint density at radius 1 is 0.491 bits per heavy atom. The normalized spacial score (nSPS) is 25.7. The molecule has 4 nitrogen and oxygen atoms in total. The van der Waals surface area contributed by atoms with E-state index in [-0.39, 0.29) is 48.0 Å². The Morgan fingerprint density at radius 2 is 0.868 bits per heavy atom. The van der Waals surface area contributed by atoms with Crippen LogP contribution < -0.4 is 57.4 Å². The lowest BCUT2D eigenvalue weighted by atomic mass is 9.53. The molecule has 2 heterocycles. The molecule has 296 valence electrons. The zero-order chi connectivity index (χ0) is 34.9. The second kappa shape index (κ2) is 21.1. The lowest BCUT2D eigenvalue weighted by Gasteiger charge is -2.52. The number of unbranched alkanes of at least 4 members (excludes halogenated alkanes) is 4. The monoisotopic (exact) mass is 950 g/mol. The van der Waals surface area contributed by atoms with Gasteiger partial charge in [-0.05, 0) is 187 Å². The molecule has 0 unspecified atom stereocenters. The molecule has 0 radical (unpaired) electrons. The van der Waals surface area contributed by atoms with Gasteiger partial charge < -0.3 is 66.4 Å². The van der Waals surface area contributed by atoms with Crippen LogP contribution >= 0.6 is 0 Å². The van der Waals surface area contributed by atoms with Crippen LogP contribution in [0.25, 0.3) is 5.57 Å². The summed E-state index contributed by atoms with van der Waals surface area (Å²) in [6.45, 7) is 9.82. The molecule has 53 heavy (non-hydrogen) atoms. The molecule has 0 N–H and O–H groups in total. The van der Waals surface area contributed by atoms with Crippen molar-refractivity contribution in [2.75, 3.05) is 66.6 Å². The molecule has 8 rings (SSSR count). The summed E-state index contributed by atoms with van der Waals surface area (Å²) in [5.74, 6) is 5.50. The number of likely N-dealkylation sites (tertiary alicyclic amines) is 2. The summed E-state index contributed by atoms with van der Waals surface area (Å²) < 4.78 is 15.2. The number of quaternary nitrogens is 2. The van der Waals surface area contributed by atoms with Crippen molar-refractivity contribution in [1.29, 1.82) is 0 Å². The van der Waals surface area contributed by atoms with Gasteiger partial charge in [0.15, 0.2) is 0 Å². The largest absolute Gasteiger partial charge is 1.00 e. The lowest BCUT2D eigenvalue weighted by molar-refractivity contribution is -0.909. The van der Waals surface area contributed by atoms with Gasteiger partial charge >= 0.3 is 0 Å². The number of hydrogen-bond donors (Lipinski definition) is 0. The zero-order valence-corrected chi connectivity index (χ0v) is 37.8. The van der Waals surface area contributed by atoms with Gasteiger partial charge in [-0.15, -0.1) is 0 Å². The maximum atomic E-state index is 6.30. The number of ether oxygens (including phenoxy) is 2. The Kier molecular flexibility index (Phi) is 17.2. The van der Waals surface area contributed by atoms with Crippen molar-refractivity contribution in [2.45, 2.75) is 122 Å². The van der Waals surface area contributed by atoms with E-state index in [4.69, 9.17) is 9.47 Å². The molecule has 0 amide bonds. The summed E-state index contributed by atoms with van der Waals surface area (Å²) in [6.07, 6.45) is 26.0. The number of hydrogen-bond acceptors (Lipinski definition) is 2. The number of halogens is 2. The average molecular weight is 951 g/mol. The topological polar surface area (TPSA) is 18.5 Å². The summed E-state index contributed by atoms with van der Waals surface area (Å²) in [7, 11) is 4.97. The smallest absolute Gasteiger partial charge is 0.119 e. The van der Waals surface area contributed by atoms with Crippen LogP contribution in [0.15, 0.2) is 54.1 Å². The SMILES string of the molecule is C[N+]1(CCCCCOc2ccc(C(=C3C4CC5CC(C4)CC3C5)c3ccc(OCCCCC[N+]4(C)CCCCCC4)cc3)cc2)CCCCCC1.[I-].[I-]. The second-order valence-electron chi connectivity index (χ2n) is 18.4. The summed E-state index contributed by atoms with van der Waals surface area (Å²) in [5, 5.41) is 0. The van der Waals surface area contributed by atoms with Crippen molar-refractivity contribution >= 4 is 5.57 Å². The van der Waals surface area contributed by atoms with Gasteiger partial charge in [0.2, 0.25) is 0 Å². The fourth-order valence-corrected chi connectivity index (χ4v) is 11.3. The van der Waals surface area contributed by atoms with E-state index in [1.807, 2.05) is 0 Å². The van der Waals surface area contributed by atoms with E-state index in [9.17, 15) is 0 Å². The molecule has 6 heteroatoms. The maximum absolute atomic E-state index is 6.30. The van der Waals surface area contributed by atoms with Crippen molar-refractivity contribution in [3.8, 4) is 11.5 Å². The minimum atomic E-state index is 0. The molecule has 2 saturated heterocycles. The molecule has 4 saturated carbocycles. The Bertz CT molecular complexity index is 1280. The first-order valence-corrected chi connectivity index (χ1v) is 21.8. The summed E-state index contributed by atoms with van der Waals surface area (Å²) in [4.78, 5) is 0. The molecular formula is C47H72I2N2O2. The summed E-state index contributed by atoms with van der Waals surface area (Å²) >= 11 is 0. The van der Waals surface area contributed by atoms with Crippen molar-refractivity contribution in [2.24, 2.45) is 23.7 Å². The highest BCUT2D eigenvalue weighted by Crippen LogP contribution is 2.58. The molecule has 4 bridgehead atoms. The van der Waals surface area contributed by atoms with Gasteiger partial charge in [0, 0.05) is 0 Å². The van der Waals surface area contributed by atoms with E-state index in [0.717, 1.165) is 61.2 Å². The van der Waals surface area contributed by atoms with Crippen molar-refractivity contribution < 1.29 is 66.4 Å². The van der Waals surface area contributed by atoms with E-state index in [0.29, 0.717) is 0 Å². The van der Waals surface area contributed by atoms with Crippen LogP contribution in [0.1, 0.15) is 133 Å². The number of nitrogens with zero attached hydrogens (tertiary/aromatic N) is 2. The molecule has 0 spiro atoms. The quantitative estimate of drug-likeness (QED) is 0.133. The number of rotatable bonds is 16. The van der Waals surface area contributed by atoms with Crippen LogP contribution in [0.5, 0.6) is 11.5 Å². The molecule has 6 aliphatic rings. The van der Waals surface area contributed by atoms with Crippen molar-refractivity contribution in [1.82, 2.24) is 0 Å². The Labute approximate surface area is 358 Å². The minimum Gasteiger partial charge on any atom is -1.00 e. The minimum absolute atomic E-state index is 0. The second-order valence-corrected chi connectivity index (χ2v) is 18.4. The van der Waals surface area contributed by atoms with E-state index < -0.39 is 0 Å². The molecule has 0 aromatic heterocycles. The fourth-order valence-electron chi connectivity index (χ4n) is 11.3. The van der Waals surface area contributed by atoms with E-state index >= 15 is 0 Å². The highest BCUT2D eigenvalue weighted by Gasteiger charge is 2.46. The summed E-state index contributed by atoms with van der Waals surface area (Å²) in [6, 6.07) is 18.4. The van der Waals surface area contributed by atoms with Crippen molar-refractivity contribution in [3.63, 3.8) is 0 Å². The van der Waals surface area contributed by atoms with Gasteiger partial charge in [-0.3, -0.25) is 0 Å².